The summed E-state index contributed by atoms with van der Waals surface area (Å²) < 4.78 is 0. The summed E-state index contributed by atoms with van der Waals surface area (Å²) in [6.07, 6.45) is 4.86. The molecule has 1 aliphatic carbocycles. The van der Waals surface area contributed by atoms with Gasteiger partial charge in [0.2, 0.25) is 5.91 Å². The molecule has 5 heteroatoms. The van der Waals surface area contributed by atoms with E-state index < -0.39 is 0 Å². The van der Waals surface area contributed by atoms with Crippen molar-refractivity contribution in [3.05, 3.63) is 0 Å². The number of hydrogen-bond acceptors (Lipinski definition) is 3. The third kappa shape index (κ3) is 5.97. The van der Waals surface area contributed by atoms with E-state index in [1.807, 2.05) is 11.8 Å². The van der Waals surface area contributed by atoms with Gasteiger partial charge in [-0.2, -0.15) is 11.8 Å². The van der Waals surface area contributed by atoms with Gasteiger partial charge in [-0.15, -0.1) is 12.4 Å². The average molecular weight is 267 g/mol. The standard InChI is InChI=1S/C11H22N2OS.ClH/c1-3-15-10-6-4-5-9(7-10)13-11(14)8-12-2;/h9-10,12H,3-8H2,1-2H3,(H,13,14);1H. The first-order valence-corrected chi connectivity index (χ1v) is 6.86. The summed E-state index contributed by atoms with van der Waals surface area (Å²) in [6.45, 7) is 2.63. The van der Waals surface area contributed by atoms with Crippen molar-refractivity contribution in [1.29, 1.82) is 0 Å². The van der Waals surface area contributed by atoms with E-state index in [0.29, 0.717) is 12.6 Å². The fraction of sp³-hybridized carbons (Fsp3) is 0.909. The number of likely N-dealkylation sites (N-methyl/N-ethyl adjacent to an activating group) is 1. The largest absolute Gasteiger partial charge is 0.352 e. The molecule has 2 N–H and O–H groups in total. The number of hydrogen-bond donors (Lipinski definition) is 2. The van der Waals surface area contributed by atoms with Crippen LogP contribution in [-0.4, -0.2) is 36.5 Å². The minimum atomic E-state index is 0. The lowest BCUT2D eigenvalue weighted by Crippen LogP contribution is -2.42. The second kappa shape index (κ2) is 9.14. The van der Waals surface area contributed by atoms with E-state index in [-0.39, 0.29) is 18.3 Å². The van der Waals surface area contributed by atoms with Crippen molar-refractivity contribution in [1.82, 2.24) is 10.6 Å². The number of amides is 1. The second-order valence-electron chi connectivity index (χ2n) is 4.04. The van der Waals surface area contributed by atoms with Crippen LogP contribution in [0.4, 0.5) is 0 Å². The number of nitrogens with one attached hydrogen (secondary N) is 2. The number of carbonyl (C=O) groups is 1. The van der Waals surface area contributed by atoms with E-state index in [1.165, 1.54) is 18.6 Å². The molecule has 1 aliphatic rings. The molecule has 1 amide bonds. The van der Waals surface area contributed by atoms with Gasteiger partial charge in [-0.05, 0) is 32.1 Å². The molecular weight excluding hydrogens is 244 g/mol. The molecule has 0 spiro atoms. The highest BCUT2D eigenvalue weighted by atomic mass is 35.5. The first kappa shape index (κ1) is 16.1. The van der Waals surface area contributed by atoms with Gasteiger partial charge < -0.3 is 10.6 Å². The van der Waals surface area contributed by atoms with Crippen LogP contribution >= 0.6 is 24.2 Å². The third-order valence-corrected chi connectivity index (χ3v) is 3.96. The van der Waals surface area contributed by atoms with Gasteiger partial charge >= 0.3 is 0 Å². The highest BCUT2D eigenvalue weighted by molar-refractivity contribution is 7.99. The molecule has 1 fully saturated rings. The Bertz CT molecular complexity index is 202. The van der Waals surface area contributed by atoms with Crippen LogP contribution in [0, 0.1) is 0 Å². The quantitative estimate of drug-likeness (QED) is 0.798. The monoisotopic (exact) mass is 266 g/mol. The zero-order chi connectivity index (χ0) is 11.1. The molecule has 1 rings (SSSR count). The van der Waals surface area contributed by atoms with Crippen LogP contribution in [0.15, 0.2) is 0 Å². The Labute approximate surface area is 109 Å². The molecule has 1 saturated carbocycles. The Kier molecular flexibility index (Phi) is 9.18. The first-order valence-electron chi connectivity index (χ1n) is 5.81. The summed E-state index contributed by atoms with van der Waals surface area (Å²) in [7, 11) is 1.80. The molecule has 2 atom stereocenters. The lowest BCUT2D eigenvalue weighted by Gasteiger charge is -2.29. The second-order valence-corrected chi connectivity index (χ2v) is 5.62. The van der Waals surface area contributed by atoms with Crippen LogP contribution in [0.1, 0.15) is 32.6 Å². The van der Waals surface area contributed by atoms with E-state index in [4.69, 9.17) is 0 Å². The minimum Gasteiger partial charge on any atom is -0.352 e. The van der Waals surface area contributed by atoms with Crippen molar-refractivity contribution in [2.75, 3.05) is 19.3 Å². The van der Waals surface area contributed by atoms with Crippen molar-refractivity contribution in [2.45, 2.75) is 43.9 Å². The lowest BCUT2D eigenvalue weighted by molar-refractivity contribution is -0.121. The van der Waals surface area contributed by atoms with Gasteiger partial charge in [0.05, 0.1) is 6.54 Å². The van der Waals surface area contributed by atoms with Crippen LogP contribution in [0.25, 0.3) is 0 Å². The van der Waals surface area contributed by atoms with Crippen LogP contribution in [0.2, 0.25) is 0 Å². The van der Waals surface area contributed by atoms with Crippen molar-refractivity contribution >= 4 is 30.1 Å². The fourth-order valence-electron chi connectivity index (χ4n) is 2.10. The van der Waals surface area contributed by atoms with Crippen LogP contribution < -0.4 is 10.6 Å². The fourth-order valence-corrected chi connectivity index (χ4v) is 3.28. The summed E-state index contributed by atoms with van der Waals surface area (Å²) in [4.78, 5) is 11.4. The SMILES string of the molecule is CCSC1CCCC(NC(=O)CNC)C1.Cl. The number of rotatable bonds is 5. The maximum Gasteiger partial charge on any atom is 0.234 e. The minimum absolute atomic E-state index is 0. The van der Waals surface area contributed by atoms with Gasteiger partial charge in [0.15, 0.2) is 0 Å². The molecule has 0 aliphatic heterocycles. The highest BCUT2D eigenvalue weighted by Crippen LogP contribution is 2.28. The molecule has 96 valence electrons. The Balaban J connectivity index is 0.00000225. The first-order chi connectivity index (χ1) is 7.26. The van der Waals surface area contributed by atoms with E-state index >= 15 is 0 Å². The van der Waals surface area contributed by atoms with Crippen LogP contribution in [0.5, 0.6) is 0 Å². The molecule has 0 aromatic carbocycles. The van der Waals surface area contributed by atoms with Crippen molar-refractivity contribution in [3.8, 4) is 0 Å². The molecular formula is C11H23ClN2OS. The molecule has 0 radical (unpaired) electrons. The van der Waals surface area contributed by atoms with Crippen molar-refractivity contribution < 1.29 is 4.79 Å². The molecule has 3 nitrogen and oxygen atoms in total. The predicted molar refractivity (Wildman–Crippen MR) is 73.5 cm³/mol. The van der Waals surface area contributed by atoms with E-state index in [9.17, 15) is 4.79 Å². The Morgan fingerprint density at radius 1 is 1.44 bits per heavy atom. The van der Waals surface area contributed by atoms with Crippen molar-refractivity contribution in [2.24, 2.45) is 0 Å². The molecule has 0 heterocycles. The van der Waals surface area contributed by atoms with Gasteiger partial charge in [0, 0.05) is 11.3 Å². The Hall–Kier alpha value is 0.0700. The molecule has 2 unspecified atom stereocenters. The molecule has 16 heavy (non-hydrogen) atoms. The molecule has 0 bridgehead atoms. The summed E-state index contributed by atoms with van der Waals surface area (Å²) in [5.74, 6) is 1.31. The van der Waals surface area contributed by atoms with E-state index in [1.54, 1.807) is 7.05 Å². The smallest absolute Gasteiger partial charge is 0.234 e. The Morgan fingerprint density at radius 3 is 2.81 bits per heavy atom. The van der Waals surface area contributed by atoms with E-state index in [2.05, 4.69) is 17.6 Å². The highest BCUT2D eigenvalue weighted by Gasteiger charge is 2.22. The van der Waals surface area contributed by atoms with Gasteiger partial charge in [-0.1, -0.05) is 13.3 Å². The summed E-state index contributed by atoms with van der Waals surface area (Å²) in [5, 5.41) is 6.72. The normalized spacial score (nSPS) is 24.6. The van der Waals surface area contributed by atoms with Crippen LogP contribution in [-0.2, 0) is 4.79 Å². The van der Waals surface area contributed by atoms with Crippen LogP contribution in [0.3, 0.4) is 0 Å². The Morgan fingerprint density at radius 2 is 2.19 bits per heavy atom. The number of carbonyl (C=O) groups excluding carboxylic acids is 1. The summed E-state index contributed by atoms with van der Waals surface area (Å²) >= 11 is 2.03. The predicted octanol–water partition coefficient (Wildman–Crippen LogP) is 1.81. The molecule has 0 saturated heterocycles. The van der Waals surface area contributed by atoms with Gasteiger partial charge in [-0.3, -0.25) is 4.79 Å². The zero-order valence-electron chi connectivity index (χ0n) is 10.1. The topological polar surface area (TPSA) is 41.1 Å². The zero-order valence-corrected chi connectivity index (χ0v) is 11.8. The number of halogens is 1. The average Bonchev–Trinajstić information content (AvgIpc) is 2.19. The van der Waals surface area contributed by atoms with Gasteiger partial charge in [-0.25, -0.2) is 0 Å². The van der Waals surface area contributed by atoms with Gasteiger partial charge in [0.1, 0.15) is 0 Å². The van der Waals surface area contributed by atoms with Crippen molar-refractivity contribution in [3.63, 3.8) is 0 Å². The maximum atomic E-state index is 11.4. The number of thioether (sulfide) groups is 1. The molecule has 0 aromatic heterocycles. The molecule has 0 aromatic rings. The summed E-state index contributed by atoms with van der Waals surface area (Å²) in [5.41, 5.74) is 0. The lowest BCUT2D eigenvalue weighted by atomic mass is 9.95. The maximum absolute atomic E-state index is 11.4. The summed E-state index contributed by atoms with van der Waals surface area (Å²) in [6, 6.07) is 0.406. The van der Waals surface area contributed by atoms with Gasteiger partial charge in [0.25, 0.3) is 0 Å². The van der Waals surface area contributed by atoms with E-state index in [0.717, 1.165) is 18.1 Å². The third-order valence-electron chi connectivity index (χ3n) is 2.73.